The fourth-order valence-electron chi connectivity index (χ4n) is 4.91. The summed E-state index contributed by atoms with van der Waals surface area (Å²) in [5.74, 6) is -1.64. The third-order valence-corrected chi connectivity index (χ3v) is 7.21. The molecule has 4 aromatic carbocycles. The first kappa shape index (κ1) is 31.6. The Kier molecular flexibility index (Phi) is 9.55. The van der Waals surface area contributed by atoms with Crippen molar-refractivity contribution >= 4 is 33.7 Å². The summed E-state index contributed by atoms with van der Waals surface area (Å²) >= 11 is 0. The predicted molar refractivity (Wildman–Crippen MR) is 166 cm³/mol. The Labute approximate surface area is 262 Å². The first-order valence-corrected chi connectivity index (χ1v) is 14.1. The Morgan fingerprint density at radius 1 is 0.739 bits per heavy atom. The number of benzene rings is 4. The number of halogens is 2. The van der Waals surface area contributed by atoms with Gasteiger partial charge in [-0.25, -0.2) is 8.78 Å². The van der Waals surface area contributed by atoms with E-state index in [1.54, 1.807) is 42.0 Å². The molecule has 0 amide bonds. The van der Waals surface area contributed by atoms with E-state index < -0.39 is 23.6 Å². The van der Waals surface area contributed by atoms with E-state index in [2.05, 4.69) is 10.2 Å². The van der Waals surface area contributed by atoms with Gasteiger partial charge in [0.25, 0.3) is 0 Å². The predicted octanol–water partition coefficient (Wildman–Crippen LogP) is 5.72. The number of carboxylic acid groups (broad SMARTS) is 2. The van der Waals surface area contributed by atoms with Crippen LogP contribution < -0.4 is 9.47 Å². The van der Waals surface area contributed by atoms with Crippen molar-refractivity contribution in [2.24, 2.45) is 0 Å². The fraction of sp³-hybridized carbons (Fsp3) is 0.176. The van der Waals surface area contributed by atoms with E-state index in [9.17, 15) is 18.4 Å². The Hall–Kier alpha value is -5.78. The van der Waals surface area contributed by atoms with Crippen LogP contribution in [-0.4, -0.2) is 55.9 Å². The van der Waals surface area contributed by atoms with E-state index in [0.717, 1.165) is 22.6 Å². The fourth-order valence-corrected chi connectivity index (χ4v) is 4.91. The molecular formula is C34H30F2N4O6. The number of carbonyl (C=O) groups is 2. The molecule has 2 N–H and O–H groups in total. The molecule has 0 unspecified atom stereocenters. The highest BCUT2D eigenvalue weighted by Gasteiger charge is 2.13. The molecule has 10 nitrogen and oxygen atoms in total. The first-order chi connectivity index (χ1) is 22.1. The number of methoxy groups -OCH3 is 2. The van der Waals surface area contributed by atoms with Crippen molar-refractivity contribution in [3.05, 3.63) is 119 Å². The highest BCUT2D eigenvalue weighted by atomic mass is 19.1. The summed E-state index contributed by atoms with van der Waals surface area (Å²) < 4.78 is 41.4. The van der Waals surface area contributed by atoms with Crippen LogP contribution >= 0.6 is 0 Å². The van der Waals surface area contributed by atoms with Crippen LogP contribution in [0.3, 0.4) is 0 Å². The van der Waals surface area contributed by atoms with Gasteiger partial charge in [-0.1, -0.05) is 24.3 Å². The minimum atomic E-state index is -1.07. The van der Waals surface area contributed by atoms with E-state index in [1.807, 2.05) is 48.5 Å². The Bertz CT molecular complexity index is 1990. The van der Waals surface area contributed by atoms with Gasteiger partial charge in [0.1, 0.15) is 23.1 Å². The lowest BCUT2D eigenvalue weighted by Crippen LogP contribution is -2.05. The molecular weight excluding hydrogens is 598 g/mol. The average molecular weight is 629 g/mol. The third kappa shape index (κ3) is 7.65. The molecule has 0 radical (unpaired) electrons. The third-order valence-electron chi connectivity index (χ3n) is 7.21. The van der Waals surface area contributed by atoms with Gasteiger partial charge in [-0.3, -0.25) is 19.0 Å². The molecule has 12 heteroatoms. The molecule has 46 heavy (non-hydrogen) atoms. The van der Waals surface area contributed by atoms with E-state index in [-0.39, 0.29) is 24.0 Å². The molecule has 2 aromatic heterocycles. The van der Waals surface area contributed by atoms with Crippen molar-refractivity contribution < 1.29 is 38.1 Å². The van der Waals surface area contributed by atoms with Crippen LogP contribution in [0.1, 0.15) is 22.3 Å². The molecule has 0 fully saturated rings. The van der Waals surface area contributed by atoms with E-state index in [1.165, 1.54) is 18.2 Å². The van der Waals surface area contributed by atoms with Crippen molar-refractivity contribution in [2.75, 3.05) is 14.2 Å². The Morgan fingerprint density at radius 2 is 1.26 bits per heavy atom. The van der Waals surface area contributed by atoms with Gasteiger partial charge in [-0.2, -0.15) is 10.2 Å². The number of hydrogen-bond acceptors (Lipinski definition) is 6. The minimum absolute atomic E-state index is 0.139. The maximum Gasteiger partial charge on any atom is 0.307 e. The van der Waals surface area contributed by atoms with Crippen LogP contribution in [0.2, 0.25) is 0 Å². The van der Waals surface area contributed by atoms with Crippen molar-refractivity contribution in [2.45, 2.75) is 25.9 Å². The Morgan fingerprint density at radius 3 is 1.80 bits per heavy atom. The second-order valence-electron chi connectivity index (χ2n) is 10.5. The van der Waals surface area contributed by atoms with Crippen LogP contribution in [0.15, 0.2) is 85.2 Å². The number of aromatic nitrogens is 4. The summed E-state index contributed by atoms with van der Waals surface area (Å²) in [6.45, 7) is 1.04. The number of ether oxygens (including phenoxy) is 2. The number of rotatable bonds is 10. The van der Waals surface area contributed by atoms with E-state index >= 15 is 0 Å². The summed E-state index contributed by atoms with van der Waals surface area (Å²) in [7, 11) is 3.22. The monoisotopic (exact) mass is 628 g/mol. The smallest absolute Gasteiger partial charge is 0.307 e. The molecule has 6 rings (SSSR count). The van der Waals surface area contributed by atoms with Gasteiger partial charge in [0, 0.05) is 28.1 Å². The van der Waals surface area contributed by atoms with Crippen LogP contribution in [0.25, 0.3) is 21.8 Å². The number of hydrogen-bond donors (Lipinski definition) is 2. The number of nitrogens with zero attached hydrogens (tertiary/aromatic N) is 4. The molecule has 0 spiro atoms. The normalized spacial score (nSPS) is 10.9. The summed E-state index contributed by atoms with van der Waals surface area (Å²) in [5.41, 5.74) is 3.63. The van der Waals surface area contributed by atoms with Crippen molar-refractivity contribution in [3.8, 4) is 11.5 Å². The van der Waals surface area contributed by atoms with Crippen LogP contribution in [0, 0.1) is 11.6 Å². The van der Waals surface area contributed by atoms with Crippen LogP contribution in [0.5, 0.6) is 11.5 Å². The second-order valence-corrected chi connectivity index (χ2v) is 10.5. The van der Waals surface area contributed by atoms with Gasteiger partial charge in [0.05, 0.1) is 57.4 Å². The molecule has 0 saturated carbocycles. The highest BCUT2D eigenvalue weighted by molar-refractivity contribution is 5.82. The van der Waals surface area contributed by atoms with Gasteiger partial charge in [-0.15, -0.1) is 0 Å². The molecule has 0 atom stereocenters. The largest absolute Gasteiger partial charge is 0.497 e. The first-order valence-electron chi connectivity index (χ1n) is 14.1. The van der Waals surface area contributed by atoms with Gasteiger partial charge in [0.2, 0.25) is 0 Å². The average Bonchev–Trinajstić information content (AvgIpc) is 3.60. The van der Waals surface area contributed by atoms with Crippen molar-refractivity contribution in [1.82, 2.24) is 19.6 Å². The van der Waals surface area contributed by atoms with Gasteiger partial charge in [-0.05, 0) is 59.7 Å². The van der Waals surface area contributed by atoms with Gasteiger partial charge >= 0.3 is 11.9 Å². The topological polar surface area (TPSA) is 129 Å². The molecule has 0 aliphatic carbocycles. The van der Waals surface area contributed by atoms with Crippen molar-refractivity contribution in [1.29, 1.82) is 0 Å². The summed E-state index contributed by atoms with van der Waals surface area (Å²) in [4.78, 5) is 21.6. The molecule has 0 aliphatic heterocycles. The summed E-state index contributed by atoms with van der Waals surface area (Å²) in [6.07, 6.45) is 2.61. The molecule has 0 aliphatic rings. The van der Waals surface area contributed by atoms with Crippen molar-refractivity contribution in [3.63, 3.8) is 0 Å². The highest BCUT2D eigenvalue weighted by Crippen LogP contribution is 2.22. The lowest BCUT2D eigenvalue weighted by atomic mass is 10.1. The lowest BCUT2D eigenvalue weighted by Gasteiger charge is -2.07. The summed E-state index contributed by atoms with van der Waals surface area (Å²) in [6, 6.07) is 20.8. The lowest BCUT2D eigenvalue weighted by molar-refractivity contribution is -0.137. The molecule has 0 saturated heterocycles. The maximum absolute atomic E-state index is 13.9. The zero-order chi connectivity index (χ0) is 32.8. The summed E-state index contributed by atoms with van der Waals surface area (Å²) in [5, 5.41) is 27.6. The SMILES string of the molecule is COc1ccc(Cn2cc3cc(F)c(CC(=O)O)cc3n2)cc1.COc1ccc(Cn2ncc3cc(F)c(CC(=O)O)cc32)cc1. The Balaban J connectivity index is 0.000000181. The zero-order valence-corrected chi connectivity index (χ0v) is 25.0. The standard InChI is InChI=1S/2C17H15FN2O3/c1-23-14-4-2-11(3-5-14)10-20-16-7-12(8-17(21)22)15(18)6-13(16)9-19-20;1-23-14-4-2-11(3-5-14)9-20-10-13-6-15(18)12(8-17(21)22)7-16(13)19-20/h2-7,9H,8,10H2,1H3,(H,21,22);2-7,10H,8-9H2,1H3,(H,21,22). The molecule has 2 heterocycles. The molecule has 0 bridgehead atoms. The zero-order valence-electron chi connectivity index (χ0n) is 25.0. The van der Waals surface area contributed by atoms with Crippen LogP contribution in [-0.2, 0) is 35.5 Å². The van der Waals surface area contributed by atoms with E-state index in [0.29, 0.717) is 34.9 Å². The number of aliphatic carboxylic acids is 2. The maximum atomic E-state index is 13.9. The quantitative estimate of drug-likeness (QED) is 0.197. The van der Waals surface area contributed by atoms with E-state index in [4.69, 9.17) is 19.7 Å². The van der Waals surface area contributed by atoms with Gasteiger partial charge < -0.3 is 19.7 Å². The van der Waals surface area contributed by atoms with Crippen LogP contribution in [0.4, 0.5) is 8.78 Å². The van der Waals surface area contributed by atoms with Gasteiger partial charge in [0.15, 0.2) is 0 Å². The minimum Gasteiger partial charge on any atom is -0.497 e. The number of carboxylic acids is 2. The molecule has 236 valence electrons. The molecule has 6 aromatic rings. The second kappa shape index (κ2) is 13.9. The number of fused-ring (bicyclic) bond motifs is 2.